The number of anilines is 1. The second-order valence-corrected chi connectivity index (χ2v) is 9.59. The van der Waals surface area contributed by atoms with Gasteiger partial charge >= 0.3 is 0 Å². The van der Waals surface area contributed by atoms with Crippen molar-refractivity contribution in [3.63, 3.8) is 0 Å². The maximum absolute atomic E-state index is 13.2. The van der Waals surface area contributed by atoms with Crippen LogP contribution in [0.1, 0.15) is 61.9 Å². The Morgan fingerprint density at radius 3 is 2.42 bits per heavy atom. The maximum atomic E-state index is 13.2. The van der Waals surface area contributed by atoms with Gasteiger partial charge in [-0.15, -0.1) is 0 Å². The number of amidine groups is 1. The lowest BCUT2D eigenvalue weighted by Crippen LogP contribution is -2.44. The first-order valence-electron chi connectivity index (χ1n) is 13.1. The van der Waals surface area contributed by atoms with Crippen LogP contribution < -0.4 is 16.0 Å². The number of amides is 2. The van der Waals surface area contributed by atoms with E-state index in [1.165, 1.54) is 5.69 Å². The molecule has 1 fully saturated rings. The van der Waals surface area contributed by atoms with Crippen LogP contribution in [0.25, 0.3) is 6.08 Å². The van der Waals surface area contributed by atoms with Crippen molar-refractivity contribution in [2.24, 2.45) is 10.7 Å². The highest BCUT2D eigenvalue weighted by Crippen LogP contribution is 2.29. The third-order valence-electron chi connectivity index (χ3n) is 6.76. The number of rotatable bonds is 8. The fourth-order valence-corrected chi connectivity index (χ4v) is 4.92. The average Bonchev–Trinajstić information content (AvgIpc) is 3.06. The van der Waals surface area contributed by atoms with Crippen molar-refractivity contribution >= 4 is 35.1 Å². The summed E-state index contributed by atoms with van der Waals surface area (Å²) in [5.74, 6) is 0.284. The third-order valence-corrected chi connectivity index (χ3v) is 6.76. The largest absolute Gasteiger partial charge is 0.387 e. The molecule has 1 saturated heterocycles. The first-order chi connectivity index (χ1) is 17.5. The smallest absolute Gasteiger partial charge is 0.251 e. The topological polar surface area (TPSA) is 91.0 Å². The van der Waals surface area contributed by atoms with Crippen LogP contribution in [-0.4, -0.2) is 54.8 Å². The van der Waals surface area contributed by atoms with Gasteiger partial charge in [-0.25, -0.2) is 4.99 Å². The Morgan fingerprint density at radius 2 is 1.75 bits per heavy atom. The molecule has 2 aliphatic heterocycles. The standard InChI is InChI=1S/C29H37N5O2/c1-3-14-34(15-4-2)29(36)23-18-21-10-11-22(19-26(21)32-27(30)20-23)28(35)31-24-12-16-33(17-13-24)25-8-6-5-7-9-25/h5-11,18-19,24H,3-4,12-17,20H2,1-2H3,(H2,30,32)(H,31,35). The molecular formula is C29H37N5O2. The first-order valence-corrected chi connectivity index (χ1v) is 13.1. The molecule has 0 saturated carbocycles. The van der Waals surface area contributed by atoms with Gasteiger partial charge in [-0.1, -0.05) is 38.1 Å². The molecule has 3 N–H and O–H groups in total. The Balaban J connectivity index is 1.44. The van der Waals surface area contributed by atoms with Gasteiger partial charge in [-0.2, -0.15) is 0 Å². The Labute approximate surface area is 214 Å². The second-order valence-electron chi connectivity index (χ2n) is 9.59. The Kier molecular flexibility index (Phi) is 8.41. The molecule has 0 bridgehead atoms. The monoisotopic (exact) mass is 487 g/mol. The predicted octanol–water partition coefficient (Wildman–Crippen LogP) is 4.51. The van der Waals surface area contributed by atoms with Gasteiger partial charge in [0.05, 0.1) is 5.69 Å². The lowest BCUT2D eigenvalue weighted by atomic mass is 10.0. The SMILES string of the molecule is CCCN(CCC)C(=O)C1=Cc2ccc(C(=O)NC3CCN(c4ccccc4)CC3)cc2N=C(N)C1. The van der Waals surface area contributed by atoms with E-state index in [0.29, 0.717) is 29.1 Å². The van der Waals surface area contributed by atoms with E-state index in [4.69, 9.17) is 5.73 Å². The summed E-state index contributed by atoms with van der Waals surface area (Å²) in [7, 11) is 0. The molecule has 2 aromatic carbocycles. The molecule has 0 unspecified atom stereocenters. The maximum Gasteiger partial charge on any atom is 0.251 e. The van der Waals surface area contributed by atoms with Crippen molar-refractivity contribution in [1.29, 1.82) is 0 Å². The number of benzene rings is 2. The number of nitrogens with zero attached hydrogens (tertiary/aromatic N) is 3. The summed E-state index contributed by atoms with van der Waals surface area (Å²) in [5, 5.41) is 3.19. The molecule has 2 aliphatic rings. The van der Waals surface area contributed by atoms with Crippen LogP contribution in [0.2, 0.25) is 0 Å². The highest BCUT2D eigenvalue weighted by molar-refractivity contribution is 6.06. The molecule has 2 amide bonds. The van der Waals surface area contributed by atoms with E-state index in [1.807, 2.05) is 23.1 Å². The minimum atomic E-state index is -0.105. The number of carbonyl (C=O) groups is 2. The summed E-state index contributed by atoms with van der Waals surface area (Å²) in [6, 6.07) is 16.0. The molecule has 0 aliphatic carbocycles. The van der Waals surface area contributed by atoms with Crippen LogP contribution in [0.5, 0.6) is 0 Å². The number of nitrogens with one attached hydrogen (secondary N) is 1. The third kappa shape index (κ3) is 6.14. The zero-order valence-electron chi connectivity index (χ0n) is 21.4. The number of hydrogen-bond donors (Lipinski definition) is 2. The molecular weight excluding hydrogens is 450 g/mol. The quantitative estimate of drug-likeness (QED) is 0.573. The lowest BCUT2D eigenvalue weighted by molar-refractivity contribution is -0.127. The fraction of sp³-hybridized carbons (Fsp3) is 0.414. The summed E-state index contributed by atoms with van der Waals surface area (Å²) in [6.45, 7) is 7.40. The highest BCUT2D eigenvalue weighted by Gasteiger charge is 2.23. The van der Waals surface area contributed by atoms with Crippen molar-refractivity contribution in [3.8, 4) is 0 Å². The molecule has 0 spiro atoms. The molecule has 7 heteroatoms. The van der Waals surface area contributed by atoms with Crippen LogP contribution in [0, 0.1) is 0 Å². The molecule has 190 valence electrons. The molecule has 0 aromatic heterocycles. The van der Waals surface area contributed by atoms with Crippen LogP contribution in [0.3, 0.4) is 0 Å². The van der Waals surface area contributed by atoms with Crippen LogP contribution in [-0.2, 0) is 4.79 Å². The molecule has 2 heterocycles. The summed E-state index contributed by atoms with van der Waals surface area (Å²) in [6.07, 6.45) is 5.79. The van der Waals surface area contributed by atoms with Gasteiger partial charge in [-0.3, -0.25) is 9.59 Å². The Hall–Kier alpha value is -3.61. The Morgan fingerprint density at radius 1 is 1.06 bits per heavy atom. The molecule has 2 aromatic rings. The number of hydrogen-bond acceptors (Lipinski definition) is 5. The molecule has 36 heavy (non-hydrogen) atoms. The van der Waals surface area contributed by atoms with Gasteiger partial charge in [0.2, 0.25) is 5.91 Å². The summed E-state index contributed by atoms with van der Waals surface area (Å²) >= 11 is 0. The van der Waals surface area contributed by atoms with E-state index in [9.17, 15) is 9.59 Å². The van der Waals surface area contributed by atoms with Crippen molar-refractivity contribution in [2.45, 2.75) is 52.0 Å². The van der Waals surface area contributed by atoms with Gasteiger partial charge in [0.15, 0.2) is 0 Å². The van der Waals surface area contributed by atoms with Gasteiger partial charge in [0.1, 0.15) is 5.84 Å². The predicted molar refractivity (Wildman–Crippen MR) is 147 cm³/mol. The van der Waals surface area contributed by atoms with E-state index in [2.05, 4.69) is 53.3 Å². The van der Waals surface area contributed by atoms with Crippen molar-refractivity contribution in [3.05, 3.63) is 65.2 Å². The summed E-state index contributed by atoms with van der Waals surface area (Å²) in [4.78, 5) is 35.0. The van der Waals surface area contributed by atoms with Crippen molar-refractivity contribution in [1.82, 2.24) is 10.2 Å². The number of nitrogens with two attached hydrogens (primary N) is 1. The molecule has 4 rings (SSSR count). The zero-order chi connectivity index (χ0) is 25.5. The van der Waals surface area contributed by atoms with Gasteiger partial charge in [0.25, 0.3) is 5.91 Å². The summed E-state index contributed by atoms with van der Waals surface area (Å²) in [5.41, 5.74) is 10.0. The van der Waals surface area contributed by atoms with Crippen LogP contribution >= 0.6 is 0 Å². The van der Waals surface area contributed by atoms with E-state index < -0.39 is 0 Å². The van der Waals surface area contributed by atoms with Crippen molar-refractivity contribution < 1.29 is 9.59 Å². The first kappa shape index (κ1) is 25.5. The van der Waals surface area contributed by atoms with E-state index >= 15 is 0 Å². The highest BCUT2D eigenvalue weighted by atomic mass is 16.2. The van der Waals surface area contributed by atoms with Gasteiger partial charge < -0.3 is 20.9 Å². The van der Waals surface area contributed by atoms with E-state index in [-0.39, 0.29) is 17.9 Å². The molecule has 7 nitrogen and oxygen atoms in total. The molecule has 0 atom stereocenters. The number of para-hydroxylation sites is 1. The average molecular weight is 488 g/mol. The minimum Gasteiger partial charge on any atom is -0.387 e. The van der Waals surface area contributed by atoms with E-state index in [1.54, 1.807) is 12.1 Å². The second kappa shape index (κ2) is 11.9. The van der Waals surface area contributed by atoms with Crippen molar-refractivity contribution in [2.75, 3.05) is 31.1 Å². The number of carbonyl (C=O) groups excluding carboxylic acids is 2. The fourth-order valence-electron chi connectivity index (χ4n) is 4.92. The van der Waals surface area contributed by atoms with E-state index in [0.717, 1.165) is 57.4 Å². The number of piperidine rings is 1. The normalized spacial score (nSPS) is 15.9. The van der Waals surface area contributed by atoms with Gasteiger partial charge in [-0.05, 0) is 56.0 Å². The van der Waals surface area contributed by atoms with Gasteiger partial charge in [0, 0.05) is 61.0 Å². The Bertz CT molecular complexity index is 1130. The number of fused-ring (bicyclic) bond motifs is 1. The number of aliphatic imine (C=N–C) groups is 1. The lowest BCUT2D eigenvalue weighted by Gasteiger charge is -2.34. The molecule has 0 radical (unpaired) electrons. The zero-order valence-corrected chi connectivity index (χ0v) is 21.4. The van der Waals surface area contributed by atoms with Crippen LogP contribution in [0.4, 0.5) is 11.4 Å². The minimum absolute atomic E-state index is 0.00775. The summed E-state index contributed by atoms with van der Waals surface area (Å²) < 4.78 is 0. The van der Waals surface area contributed by atoms with Crippen LogP contribution in [0.15, 0.2) is 59.1 Å².